The van der Waals surface area contributed by atoms with Gasteiger partial charge in [0.05, 0.1) is 11.6 Å². The van der Waals surface area contributed by atoms with E-state index in [4.69, 9.17) is 0 Å². The number of para-hydroxylation sites is 1. The van der Waals surface area contributed by atoms with Crippen LogP contribution in [-0.2, 0) is 6.42 Å². The highest BCUT2D eigenvalue weighted by atomic mass is 16.4. The number of benzene rings is 2. The number of aromatic hydroxyl groups is 1. The van der Waals surface area contributed by atoms with Crippen molar-refractivity contribution in [3.8, 4) is 5.75 Å². The van der Waals surface area contributed by atoms with Crippen LogP contribution in [0.2, 0.25) is 0 Å². The Morgan fingerprint density at radius 2 is 2.00 bits per heavy atom. The lowest BCUT2D eigenvalue weighted by atomic mass is 9.87. The van der Waals surface area contributed by atoms with Gasteiger partial charge in [-0.1, -0.05) is 18.2 Å². The number of carboxylic acid groups (broad SMARTS) is 1. The summed E-state index contributed by atoms with van der Waals surface area (Å²) in [5.74, 6) is -0.695. The molecule has 1 aliphatic rings. The van der Waals surface area contributed by atoms with E-state index in [1.54, 1.807) is 30.3 Å². The molecule has 0 amide bonds. The van der Waals surface area contributed by atoms with Crippen LogP contribution in [0.25, 0.3) is 0 Å². The number of carbonyl (C=O) groups is 1. The third kappa shape index (κ3) is 2.70. The molecule has 0 heterocycles. The normalized spacial score (nSPS) is 17.0. The molecule has 0 saturated carbocycles. The van der Waals surface area contributed by atoms with Gasteiger partial charge in [0.1, 0.15) is 5.75 Å². The summed E-state index contributed by atoms with van der Waals surface area (Å²) in [4.78, 5) is 11.3. The van der Waals surface area contributed by atoms with E-state index in [9.17, 15) is 15.0 Å². The van der Waals surface area contributed by atoms with Crippen LogP contribution in [-0.4, -0.2) is 16.2 Å². The Morgan fingerprint density at radius 1 is 1.19 bits per heavy atom. The van der Waals surface area contributed by atoms with Crippen molar-refractivity contribution in [1.82, 2.24) is 0 Å². The van der Waals surface area contributed by atoms with Crippen LogP contribution in [0.15, 0.2) is 42.5 Å². The van der Waals surface area contributed by atoms with Crippen molar-refractivity contribution in [3.05, 3.63) is 59.2 Å². The number of aromatic carboxylic acids is 1. The summed E-state index contributed by atoms with van der Waals surface area (Å²) < 4.78 is 0. The molecule has 0 aromatic heterocycles. The van der Waals surface area contributed by atoms with Gasteiger partial charge in [-0.05, 0) is 54.7 Å². The Morgan fingerprint density at radius 3 is 2.81 bits per heavy atom. The number of phenols is 1. The number of anilines is 1. The molecule has 4 nitrogen and oxygen atoms in total. The van der Waals surface area contributed by atoms with Gasteiger partial charge >= 0.3 is 5.97 Å². The lowest BCUT2D eigenvalue weighted by Crippen LogP contribution is -2.18. The fourth-order valence-corrected chi connectivity index (χ4v) is 2.92. The molecule has 4 heteroatoms. The Balaban J connectivity index is 1.94. The molecule has 0 fully saturated rings. The van der Waals surface area contributed by atoms with Gasteiger partial charge in [-0.2, -0.15) is 0 Å². The van der Waals surface area contributed by atoms with E-state index >= 15 is 0 Å². The number of phenolic OH excluding ortho intramolecular Hbond substituents is 1. The number of rotatable bonds is 3. The molecular formula is C17H17NO3. The molecule has 21 heavy (non-hydrogen) atoms. The van der Waals surface area contributed by atoms with Crippen LogP contribution in [0, 0.1) is 0 Å². The minimum absolute atomic E-state index is 0.0290. The lowest BCUT2D eigenvalue weighted by molar-refractivity contribution is 0.0698. The third-order valence-electron chi connectivity index (χ3n) is 3.93. The van der Waals surface area contributed by atoms with Crippen LogP contribution in [0.1, 0.15) is 40.4 Å². The molecule has 0 spiro atoms. The van der Waals surface area contributed by atoms with Crippen molar-refractivity contribution in [1.29, 1.82) is 0 Å². The Hall–Kier alpha value is -2.49. The highest BCUT2D eigenvalue weighted by molar-refractivity contribution is 5.94. The summed E-state index contributed by atoms with van der Waals surface area (Å²) in [6.45, 7) is 0. The zero-order chi connectivity index (χ0) is 14.8. The van der Waals surface area contributed by atoms with Crippen molar-refractivity contribution in [2.75, 3.05) is 5.32 Å². The maximum absolute atomic E-state index is 11.3. The highest BCUT2D eigenvalue weighted by Gasteiger charge is 2.22. The minimum Gasteiger partial charge on any atom is -0.508 e. The Labute approximate surface area is 123 Å². The van der Waals surface area contributed by atoms with Crippen LogP contribution >= 0.6 is 0 Å². The van der Waals surface area contributed by atoms with Crippen molar-refractivity contribution < 1.29 is 15.0 Å². The molecule has 108 valence electrons. The first-order valence-corrected chi connectivity index (χ1v) is 7.06. The number of nitrogens with one attached hydrogen (secondary N) is 1. The van der Waals surface area contributed by atoms with Crippen LogP contribution in [0.5, 0.6) is 5.75 Å². The Kier molecular flexibility index (Phi) is 3.52. The monoisotopic (exact) mass is 283 g/mol. The van der Waals surface area contributed by atoms with E-state index in [1.165, 1.54) is 5.56 Å². The molecule has 1 unspecified atom stereocenters. The van der Waals surface area contributed by atoms with Gasteiger partial charge in [-0.3, -0.25) is 0 Å². The molecule has 3 N–H and O–H groups in total. The quantitative estimate of drug-likeness (QED) is 0.805. The van der Waals surface area contributed by atoms with Gasteiger partial charge in [-0.25, -0.2) is 4.79 Å². The molecule has 2 aromatic rings. The topological polar surface area (TPSA) is 69.6 Å². The zero-order valence-corrected chi connectivity index (χ0v) is 11.5. The summed E-state index contributed by atoms with van der Waals surface area (Å²) >= 11 is 0. The zero-order valence-electron chi connectivity index (χ0n) is 11.5. The molecular weight excluding hydrogens is 266 g/mol. The summed E-state index contributed by atoms with van der Waals surface area (Å²) in [7, 11) is 0. The number of hydrogen-bond donors (Lipinski definition) is 3. The number of hydrogen-bond acceptors (Lipinski definition) is 3. The maximum atomic E-state index is 11.3. The van der Waals surface area contributed by atoms with E-state index in [2.05, 4.69) is 5.32 Å². The van der Waals surface area contributed by atoms with Gasteiger partial charge in [0.2, 0.25) is 0 Å². The number of aryl methyl sites for hydroxylation is 1. The minimum atomic E-state index is -0.940. The van der Waals surface area contributed by atoms with E-state index in [0.29, 0.717) is 5.69 Å². The van der Waals surface area contributed by atoms with Gasteiger partial charge in [0.25, 0.3) is 0 Å². The molecule has 3 rings (SSSR count). The van der Waals surface area contributed by atoms with E-state index in [0.717, 1.165) is 24.8 Å². The smallest absolute Gasteiger partial charge is 0.337 e. The lowest BCUT2D eigenvalue weighted by Gasteiger charge is -2.28. The number of fused-ring (bicyclic) bond motifs is 1. The predicted octanol–water partition coefficient (Wildman–Crippen LogP) is 3.58. The van der Waals surface area contributed by atoms with Crippen molar-refractivity contribution in [3.63, 3.8) is 0 Å². The second-order valence-electron chi connectivity index (χ2n) is 5.32. The molecule has 1 aliphatic carbocycles. The molecule has 2 aromatic carbocycles. The first-order chi connectivity index (χ1) is 10.1. The fraction of sp³-hybridized carbons (Fsp3) is 0.235. The third-order valence-corrected chi connectivity index (χ3v) is 3.93. The standard InChI is InChI=1S/C17H17NO3/c19-12-9-8-11-4-3-7-16(14(11)10-12)18-15-6-2-1-5-13(15)17(20)21/h1-2,5-6,8-10,16,18-19H,3-4,7H2,(H,20,21). The van der Waals surface area contributed by atoms with E-state index in [-0.39, 0.29) is 17.4 Å². The van der Waals surface area contributed by atoms with Crippen LogP contribution in [0.3, 0.4) is 0 Å². The fourth-order valence-electron chi connectivity index (χ4n) is 2.92. The van der Waals surface area contributed by atoms with Crippen molar-refractivity contribution in [2.24, 2.45) is 0 Å². The van der Waals surface area contributed by atoms with Gasteiger partial charge in [0, 0.05) is 5.69 Å². The largest absolute Gasteiger partial charge is 0.508 e. The van der Waals surface area contributed by atoms with Crippen molar-refractivity contribution >= 4 is 11.7 Å². The summed E-state index contributed by atoms with van der Waals surface area (Å²) in [6, 6.07) is 12.4. The average molecular weight is 283 g/mol. The summed E-state index contributed by atoms with van der Waals surface area (Å²) in [6.07, 6.45) is 2.96. The van der Waals surface area contributed by atoms with Gasteiger partial charge in [0.15, 0.2) is 0 Å². The van der Waals surface area contributed by atoms with Gasteiger partial charge in [-0.15, -0.1) is 0 Å². The van der Waals surface area contributed by atoms with E-state index < -0.39 is 5.97 Å². The summed E-state index contributed by atoms with van der Waals surface area (Å²) in [5, 5.41) is 22.3. The Bertz CT molecular complexity index is 681. The first-order valence-electron chi connectivity index (χ1n) is 7.06. The molecule has 0 radical (unpaired) electrons. The predicted molar refractivity (Wildman–Crippen MR) is 80.8 cm³/mol. The van der Waals surface area contributed by atoms with Crippen LogP contribution < -0.4 is 5.32 Å². The van der Waals surface area contributed by atoms with Gasteiger partial charge < -0.3 is 15.5 Å². The molecule has 0 aliphatic heterocycles. The van der Waals surface area contributed by atoms with Crippen molar-refractivity contribution in [2.45, 2.75) is 25.3 Å². The summed E-state index contributed by atoms with van der Waals surface area (Å²) in [5.41, 5.74) is 3.15. The maximum Gasteiger partial charge on any atom is 0.337 e. The molecule has 0 bridgehead atoms. The molecule has 0 saturated heterocycles. The van der Waals surface area contributed by atoms with Crippen LogP contribution in [0.4, 0.5) is 5.69 Å². The number of carboxylic acids is 1. The van der Waals surface area contributed by atoms with E-state index in [1.807, 2.05) is 12.1 Å². The molecule has 1 atom stereocenters. The first kappa shape index (κ1) is 13.5. The second kappa shape index (κ2) is 5.48. The highest BCUT2D eigenvalue weighted by Crippen LogP contribution is 2.35. The average Bonchev–Trinajstić information content (AvgIpc) is 2.48. The SMILES string of the molecule is O=C(O)c1ccccc1NC1CCCc2ccc(O)cc21. The second-order valence-corrected chi connectivity index (χ2v) is 5.32.